The Bertz CT molecular complexity index is 305. The highest BCUT2D eigenvalue weighted by atomic mass is 16.4. The van der Waals surface area contributed by atoms with Crippen molar-refractivity contribution in [3.63, 3.8) is 0 Å². The van der Waals surface area contributed by atoms with Gasteiger partial charge in [-0.15, -0.1) is 0 Å². The van der Waals surface area contributed by atoms with Crippen LogP contribution in [0.1, 0.15) is 33.6 Å². The molecule has 3 N–H and O–H groups in total. The van der Waals surface area contributed by atoms with Crippen molar-refractivity contribution in [2.24, 2.45) is 17.1 Å². The molecular weight excluding hydrogens is 220 g/mol. The van der Waals surface area contributed by atoms with Gasteiger partial charge in [0.15, 0.2) is 0 Å². The molecule has 0 bridgehead atoms. The van der Waals surface area contributed by atoms with Crippen LogP contribution in [0.5, 0.6) is 0 Å². The fourth-order valence-corrected chi connectivity index (χ4v) is 1.57. The van der Waals surface area contributed by atoms with Crippen molar-refractivity contribution in [2.75, 3.05) is 13.1 Å². The molecule has 0 saturated heterocycles. The summed E-state index contributed by atoms with van der Waals surface area (Å²) in [5, 5.41) is 8.82. The van der Waals surface area contributed by atoms with Crippen LogP contribution >= 0.6 is 0 Å². The van der Waals surface area contributed by atoms with Crippen molar-refractivity contribution in [1.82, 2.24) is 4.90 Å². The molecule has 0 radical (unpaired) electrons. The molecule has 0 aromatic heterocycles. The standard InChI is InChI=1S/C12H22N2O3/c1-12(2,3)10(13)11(17)14(7-9(15)16)6-8-4-5-8/h8,10H,4-7,13H2,1-3H3,(H,15,16)/t10-/m0/s1. The van der Waals surface area contributed by atoms with Crippen molar-refractivity contribution in [2.45, 2.75) is 39.7 Å². The van der Waals surface area contributed by atoms with E-state index in [1.54, 1.807) is 0 Å². The summed E-state index contributed by atoms with van der Waals surface area (Å²) in [6, 6.07) is -0.652. The quantitative estimate of drug-likeness (QED) is 0.742. The van der Waals surface area contributed by atoms with Crippen LogP contribution in [-0.4, -0.2) is 41.0 Å². The third-order valence-corrected chi connectivity index (χ3v) is 3.01. The lowest BCUT2D eigenvalue weighted by Crippen LogP contribution is -2.52. The Kier molecular flexibility index (Phi) is 4.14. The van der Waals surface area contributed by atoms with E-state index in [1.165, 1.54) is 4.90 Å². The summed E-state index contributed by atoms with van der Waals surface area (Å²) in [5.41, 5.74) is 5.53. The minimum absolute atomic E-state index is 0.251. The zero-order valence-electron chi connectivity index (χ0n) is 10.8. The minimum atomic E-state index is -0.986. The molecule has 1 aliphatic rings. The van der Waals surface area contributed by atoms with E-state index in [-0.39, 0.29) is 17.9 Å². The first-order chi connectivity index (χ1) is 7.71. The maximum absolute atomic E-state index is 12.1. The molecule has 5 heteroatoms. The van der Waals surface area contributed by atoms with E-state index < -0.39 is 12.0 Å². The van der Waals surface area contributed by atoms with E-state index in [4.69, 9.17) is 10.8 Å². The fraction of sp³-hybridized carbons (Fsp3) is 0.833. The number of carboxylic acid groups (broad SMARTS) is 1. The zero-order chi connectivity index (χ0) is 13.2. The van der Waals surface area contributed by atoms with Crippen molar-refractivity contribution >= 4 is 11.9 Å². The van der Waals surface area contributed by atoms with E-state index in [0.717, 1.165) is 12.8 Å². The van der Waals surface area contributed by atoms with Crippen LogP contribution in [0.3, 0.4) is 0 Å². The second kappa shape index (κ2) is 5.04. The molecule has 1 fully saturated rings. The summed E-state index contributed by atoms with van der Waals surface area (Å²) in [6.45, 7) is 5.91. The number of hydrogen-bond acceptors (Lipinski definition) is 3. The Hall–Kier alpha value is -1.10. The van der Waals surface area contributed by atoms with Crippen molar-refractivity contribution in [3.8, 4) is 0 Å². The Morgan fingerprint density at radius 1 is 1.41 bits per heavy atom. The van der Waals surface area contributed by atoms with Crippen LogP contribution in [0.4, 0.5) is 0 Å². The Morgan fingerprint density at radius 3 is 2.29 bits per heavy atom. The monoisotopic (exact) mass is 242 g/mol. The van der Waals surface area contributed by atoms with Crippen molar-refractivity contribution < 1.29 is 14.7 Å². The molecule has 0 aliphatic heterocycles. The third kappa shape index (κ3) is 4.34. The van der Waals surface area contributed by atoms with Gasteiger partial charge in [0.2, 0.25) is 5.91 Å². The van der Waals surface area contributed by atoms with Crippen LogP contribution in [0.2, 0.25) is 0 Å². The maximum Gasteiger partial charge on any atom is 0.323 e. The average molecular weight is 242 g/mol. The Morgan fingerprint density at radius 2 is 1.94 bits per heavy atom. The van der Waals surface area contributed by atoms with Gasteiger partial charge in [0.25, 0.3) is 0 Å². The average Bonchev–Trinajstić information content (AvgIpc) is 2.96. The van der Waals surface area contributed by atoms with Gasteiger partial charge in [0, 0.05) is 6.54 Å². The molecule has 1 saturated carbocycles. The van der Waals surface area contributed by atoms with E-state index in [9.17, 15) is 9.59 Å². The number of aliphatic carboxylic acids is 1. The van der Waals surface area contributed by atoms with Gasteiger partial charge in [-0.05, 0) is 24.2 Å². The maximum atomic E-state index is 12.1. The van der Waals surface area contributed by atoms with Gasteiger partial charge >= 0.3 is 5.97 Å². The van der Waals surface area contributed by atoms with Crippen molar-refractivity contribution in [3.05, 3.63) is 0 Å². The van der Waals surface area contributed by atoms with Crippen LogP contribution < -0.4 is 5.73 Å². The zero-order valence-corrected chi connectivity index (χ0v) is 10.8. The number of hydrogen-bond donors (Lipinski definition) is 2. The molecule has 0 aromatic rings. The number of rotatable bonds is 5. The predicted octanol–water partition coefficient (Wildman–Crippen LogP) is 0.683. The van der Waals surface area contributed by atoms with Gasteiger partial charge in [-0.2, -0.15) is 0 Å². The molecule has 0 spiro atoms. The second-order valence-corrected chi connectivity index (χ2v) is 5.90. The van der Waals surface area contributed by atoms with Gasteiger partial charge in [-0.25, -0.2) is 0 Å². The Labute approximate surface area is 102 Å². The summed E-state index contributed by atoms with van der Waals surface area (Å²) in [7, 11) is 0. The molecule has 1 atom stereocenters. The normalized spacial score (nSPS) is 17.6. The van der Waals surface area contributed by atoms with Crippen LogP contribution in [0, 0.1) is 11.3 Å². The van der Waals surface area contributed by atoms with Gasteiger partial charge in [0.05, 0.1) is 6.04 Å². The molecule has 17 heavy (non-hydrogen) atoms. The van der Waals surface area contributed by atoms with Crippen molar-refractivity contribution in [1.29, 1.82) is 0 Å². The molecular formula is C12H22N2O3. The number of nitrogens with zero attached hydrogens (tertiary/aromatic N) is 1. The second-order valence-electron chi connectivity index (χ2n) is 5.90. The highest BCUT2D eigenvalue weighted by Crippen LogP contribution is 2.30. The molecule has 0 heterocycles. The molecule has 0 unspecified atom stereocenters. The summed E-state index contributed by atoms with van der Waals surface area (Å²) < 4.78 is 0. The summed E-state index contributed by atoms with van der Waals surface area (Å²) in [5.74, 6) is -0.780. The lowest BCUT2D eigenvalue weighted by Gasteiger charge is -2.31. The number of amides is 1. The minimum Gasteiger partial charge on any atom is -0.480 e. The van der Waals surface area contributed by atoms with Gasteiger partial charge in [0.1, 0.15) is 6.54 Å². The smallest absolute Gasteiger partial charge is 0.323 e. The summed E-state index contributed by atoms with van der Waals surface area (Å²) in [6.07, 6.45) is 2.16. The van der Waals surface area contributed by atoms with E-state index in [0.29, 0.717) is 12.5 Å². The summed E-state index contributed by atoms with van der Waals surface area (Å²) >= 11 is 0. The van der Waals surface area contributed by atoms with E-state index >= 15 is 0 Å². The number of carbonyl (C=O) groups is 2. The van der Waals surface area contributed by atoms with Gasteiger partial charge in [-0.3, -0.25) is 9.59 Å². The molecule has 98 valence electrons. The first-order valence-corrected chi connectivity index (χ1v) is 5.98. The lowest BCUT2D eigenvalue weighted by atomic mass is 9.86. The van der Waals surface area contributed by atoms with Crippen LogP contribution in [0.15, 0.2) is 0 Å². The van der Waals surface area contributed by atoms with Gasteiger partial charge in [-0.1, -0.05) is 20.8 Å². The first kappa shape index (κ1) is 14.0. The SMILES string of the molecule is CC(C)(C)[C@@H](N)C(=O)N(CC(=O)O)CC1CC1. The number of nitrogens with two attached hydrogens (primary N) is 1. The summed E-state index contributed by atoms with van der Waals surface area (Å²) in [4.78, 5) is 24.3. The van der Waals surface area contributed by atoms with Crippen LogP contribution in [-0.2, 0) is 9.59 Å². The largest absolute Gasteiger partial charge is 0.480 e. The van der Waals surface area contributed by atoms with E-state index in [2.05, 4.69) is 0 Å². The topological polar surface area (TPSA) is 83.6 Å². The third-order valence-electron chi connectivity index (χ3n) is 3.01. The number of carboxylic acids is 1. The first-order valence-electron chi connectivity index (χ1n) is 5.98. The molecule has 5 nitrogen and oxygen atoms in total. The molecule has 0 aromatic carbocycles. The lowest BCUT2D eigenvalue weighted by molar-refractivity contribution is -0.146. The number of carbonyl (C=O) groups excluding carboxylic acids is 1. The van der Waals surface area contributed by atoms with Gasteiger partial charge < -0.3 is 15.7 Å². The highest BCUT2D eigenvalue weighted by molar-refractivity contribution is 5.85. The Balaban J connectivity index is 2.66. The molecule has 1 aliphatic carbocycles. The molecule has 1 amide bonds. The van der Waals surface area contributed by atoms with E-state index in [1.807, 2.05) is 20.8 Å². The fourth-order valence-electron chi connectivity index (χ4n) is 1.57. The van der Waals surface area contributed by atoms with Crippen LogP contribution in [0.25, 0.3) is 0 Å². The predicted molar refractivity (Wildman–Crippen MR) is 64.4 cm³/mol. The highest BCUT2D eigenvalue weighted by Gasteiger charge is 2.34. The molecule has 1 rings (SSSR count).